The molecule has 0 spiro atoms. The largest absolute Gasteiger partial charge is 0.447 e. The number of rotatable bonds is 14. The van der Waals surface area contributed by atoms with Crippen LogP contribution in [0.25, 0.3) is 0 Å². The van der Waals surface area contributed by atoms with Crippen molar-refractivity contribution in [3.8, 4) is 0 Å². The van der Waals surface area contributed by atoms with Gasteiger partial charge in [0.1, 0.15) is 0 Å². The van der Waals surface area contributed by atoms with E-state index in [0.29, 0.717) is 5.92 Å². The van der Waals surface area contributed by atoms with Crippen molar-refractivity contribution >= 4 is 12.2 Å². The van der Waals surface area contributed by atoms with E-state index in [-0.39, 0.29) is 24.4 Å². The topological polar surface area (TPSA) is 59.1 Å². The monoisotopic (exact) mass is 535 g/mol. The van der Waals surface area contributed by atoms with Gasteiger partial charge in [0.25, 0.3) is 0 Å². The number of hydrogen-bond donors (Lipinski definition) is 0. The Morgan fingerprint density at radius 2 is 0.946 bits per heavy atom. The molecule has 0 aliphatic rings. The molecular weight excluding hydrogens is 464 g/mol. The number of hydrogen-bond acceptors (Lipinski definition) is 4. The average Bonchev–Trinajstić information content (AvgIpc) is 2.86. The van der Waals surface area contributed by atoms with Gasteiger partial charge in [-0.3, -0.25) is 0 Å². The molecule has 0 bridgehead atoms. The third kappa shape index (κ3) is 39.2. The molecule has 0 N–H and O–H groups in total. The maximum Gasteiger partial charge on any atom is 0.410 e. The molecule has 0 radical (unpaired) electrons. The first-order valence-electron chi connectivity index (χ1n) is 15.4. The quantitative estimate of drug-likeness (QED) is 0.208. The summed E-state index contributed by atoms with van der Waals surface area (Å²) in [6, 6.07) is 0. The highest BCUT2D eigenvalue weighted by Gasteiger charge is 2.15. The Hall–Kier alpha value is -1.46. The van der Waals surface area contributed by atoms with E-state index in [1.54, 1.807) is 11.9 Å². The Balaban J connectivity index is -0.000000163. The van der Waals surface area contributed by atoms with Gasteiger partial charge >= 0.3 is 12.2 Å². The minimum absolute atomic E-state index is 0.0266. The van der Waals surface area contributed by atoms with E-state index in [9.17, 15) is 9.59 Å². The lowest BCUT2D eigenvalue weighted by molar-refractivity contribution is 0.0755. The van der Waals surface area contributed by atoms with Gasteiger partial charge in [0.15, 0.2) is 0 Å². The van der Waals surface area contributed by atoms with Crippen molar-refractivity contribution in [2.24, 2.45) is 5.92 Å². The Bertz CT molecular complexity index is 429. The number of carbonyl (C=O) groups excluding carboxylic acids is 2. The van der Waals surface area contributed by atoms with E-state index in [1.165, 1.54) is 38.5 Å². The fourth-order valence-corrected chi connectivity index (χ4v) is 2.94. The molecule has 0 heterocycles. The number of unbranched alkanes of at least 4 members (excludes halogenated alkanes) is 6. The van der Waals surface area contributed by atoms with Crippen molar-refractivity contribution in [3.05, 3.63) is 0 Å². The van der Waals surface area contributed by atoms with Gasteiger partial charge in [-0.1, -0.05) is 108 Å². The zero-order chi connectivity index (χ0) is 30.2. The van der Waals surface area contributed by atoms with Gasteiger partial charge in [-0.25, -0.2) is 9.59 Å². The molecule has 0 aromatic carbocycles. The van der Waals surface area contributed by atoms with E-state index in [1.807, 2.05) is 74.1 Å². The average molecular weight is 535 g/mol. The van der Waals surface area contributed by atoms with Crippen molar-refractivity contribution in [2.45, 2.75) is 161 Å². The second-order valence-corrected chi connectivity index (χ2v) is 9.25. The third-order valence-electron chi connectivity index (χ3n) is 4.45. The van der Waals surface area contributed by atoms with Crippen molar-refractivity contribution in [1.82, 2.24) is 9.80 Å². The predicted octanol–water partition coefficient (Wildman–Crippen LogP) is 10.2. The molecule has 0 aromatic rings. The summed E-state index contributed by atoms with van der Waals surface area (Å²) in [5.74, 6) is 0.481. The SMILES string of the molecule is CC.CC.CC.CC(C)CN(C)C(=O)OC(C)C.CCCCCCN(CCCCCC)C(=O)OC(C)C. The van der Waals surface area contributed by atoms with Gasteiger partial charge in [0, 0.05) is 26.7 Å². The molecule has 0 fully saturated rings. The van der Waals surface area contributed by atoms with Crippen LogP contribution in [0.3, 0.4) is 0 Å². The second-order valence-electron chi connectivity index (χ2n) is 9.25. The lowest BCUT2D eigenvalue weighted by Gasteiger charge is -2.23. The maximum atomic E-state index is 12.0. The fourth-order valence-electron chi connectivity index (χ4n) is 2.94. The van der Waals surface area contributed by atoms with Crippen LogP contribution in [0.1, 0.15) is 148 Å². The zero-order valence-corrected chi connectivity index (χ0v) is 28.0. The van der Waals surface area contributed by atoms with Gasteiger partial charge in [-0.05, 0) is 46.5 Å². The van der Waals surface area contributed by atoms with Crippen LogP contribution < -0.4 is 0 Å². The standard InChI is InChI=1S/C16H33NO2.C9H19NO2.3C2H6/c1-5-7-9-11-13-17(14-12-10-8-6-2)16(18)19-15(3)4;1-7(2)6-10(5)9(11)12-8(3)4;3*1-2/h15H,5-14H2,1-4H3;7-8H,6H2,1-5H3;3*1-2H3. The Morgan fingerprint density at radius 1 is 0.595 bits per heavy atom. The first kappa shape index (κ1) is 45.5. The summed E-state index contributed by atoms with van der Waals surface area (Å²) in [4.78, 5) is 26.7. The zero-order valence-electron chi connectivity index (χ0n) is 28.0. The lowest BCUT2D eigenvalue weighted by atomic mass is 10.2. The highest BCUT2D eigenvalue weighted by molar-refractivity contribution is 5.67. The molecule has 228 valence electrons. The first-order chi connectivity index (χ1) is 17.5. The molecule has 0 atom stereocenters. The summed E-state index contributed by atoms with van der Waals surface area (Å²) in [5.41, 5.74) is 0. The highest BCUT2D eigenvalue weighted by atomic mass is 16.6. The summed E-state index contributed by atoms with van der Waals surface area (Å²) >= 11 is 0. The molecule has 0 saturated heterocycles. The molecule has 0 aliphatic heterocycles. The smallest absolute Gasteiger partial charge is 0.410 e. The van der Waals surface area contributed by atoms with Crippen molar-refractivity contribution < 1.29 is 19.1 Å². The summed E-state index contributed by atoms with van der Waals surface area (Å²) in [6.07, 6.45) is 9.12. The minimum Gasteiger partial charge on any atom is -0.447 e. The van der Waals surface area contributed by atoms with E-state index < -0.39 is 0 Å². The van der Waals surface area contributed by atoms with Gasteiger partial charge in [-0.15, -0.1) is 0 Å². The van der Waals surface area contributed by atoms with Crippen LogP contribution in [-0.4, -0.2) is 60.9 Å². The summed E-state index contributed by atoms with van der Waals surface area (Å²) in [7, 11) is 1.75. The van der Waals surface area contributed by atoms with Crippen LogP contribution >= 0.6 is 0 Å². The van der Waals surface area contributed by atoms with Crippen molar-refractivity contribution in [1.29, 1.82) is 0 Å². The highest BCUT2D eigenvalue weighted by Crippen LogP contribution is 2.08. The van der Waals surface area contributed by atoms with E-state index >= 15 is 0 Å². The predicted molar refractivity (Wildman–Crippen MR) is 165 cm³/mol. The van der Waals surface area contributed by atoms with Crippen molar-refractivity contribution in [2.75, 3.05) is 26.7 Å². The Kier molecular flexibility index (Phi) is 45.1. The van der Waals surface area contributed by atoms with Gasteiger partial charge in [0.2, 0.25) is 0 Å². The van der Waals surface area contributed by atoms with Crippen LogP contribution in [0.2, 0.25) is 0 Å². The maximum absolute atomic E-state index is 12.0. The van der Waals surface area contributed by atoms with Gasteiger partial charge in [0.05, 0.1) is 12.2 Å². The van der Waals surface area contributed by atoms with Gasteiger partial charge < -0.3 is 19.3 Å². The Labute approximate surface area is 234 Å². The van der Waals surface area contributed by atoms with Gasteiger partial charge in [-0.2, -0.15) is 0 Å². The van der Waals surface area contributed by atoms with E-state index in [0.717, 1.165) is 32.5 Å². The minimum atomic E-state index is -0.237. The molecule has 2 amide bonds. The molecule has 0 rings (SSSR count). The molecular formula is C31H70N2O4. The number of ether oxygens (including phenoxy) is 2. The second kappa shape index (κ2) is 36.7. The summed E-state index contributed by atoms with van der Waals surface area (Å²) < 4.78 is 10.3. The number of carbonyl (C=O) groups is 2. The van der Waals surface area contributed by atoms with E-state index in [2.05, 4.69) is 27.7 Å². The fraction of sp³-hybridized carbons (Fsp3) is 0.935. The van der Waals surface area contributed by atoms with Crippen LogP contribution in [0.5, 0.6) is 0 Å². The van der Waals surface area contributed by atoms with Crippen LogP contribution in [0.4, 0.5) is 9.59 Å². The van der Waals surface area contributed by atoms with Crippen LogP contribution in [0, 0.1) is 5.92 Å². The lowest BCUT2D eigenvalue weighted by Crippen LogP contribution is -2.35. The normalized spacial score (nSPS) is 9.46. The number of nitrogens with zero attached hydrogens (tertiary/aromatic N) is 2. The van der Waals surface area contributed by atoms with Crippen molar-refractivity contribution in [3.63, 3.8) is 0 Å². The third-order valence-corrected chi connectivity index (χ3v) is 4.45. The first-order valence-corrected chi connectivity index (χ1v) is 15.4. The number of amides is 2. The Morgan fingerprint density at radius 3 is 1.24 bits per heavy atom. The van der Waals surface area contributed by atoms with E-state index in [4.69, 9.17) is 9.47 Å². The summed E-state index contributed by atoms with van der Waals surface area (Å²) in [6.45, 7) is 30.5. The molecule has 0 unspecified atom stereocenters. The van der Waals surface area contributed by atoms with Crippen LogP contribution in [-0.2, 0) is 9.47 Å². The summed E-state index contributed by atoms with van der Waals surface area (Å²) in [5, 5.41) is 0. The molecule has 6 nitrogen and oxygen atoms in total. The molecule has 37 heavy (non-hydrogen) atoms. The molecule has 0 aliphatic carbocycles. The molecule has 0 saturated carbocycles. The molecule has 6 heteroatoms. The molecule has 0 aromatic heterocycles. The van der Waals surface area contributed by atoms with Crippen LogP contribution in [0.15, 0.2) is 0 Å².